The SMILES string of the molecule is O=C(Cn1ncc2ccccc2c1=O)N1CCCC[C@H]1c1ncc(Cc2cccc(F)c2)o1. The van der Waals surface area contributed by atoms with Gasteiger partial charge in [-0.2, -0.15) is 5.10 Å². The minimum atomic E-state index is -0.302. The molecule has 3 heterocycles. The number of nitrogens with zero attached hydrogens (tertiary/aromatic N) is 4. The first kappa shape index (κ1) is 21.1. The van der Waals surface area contributed by atoms with Gasteiger partial charge in [-0.15, -0.1) is 0 Å². The molecule has 2 aromatic heterocycles. The van der Waals surface area contributed by atoms with Crippen LogP contribution in [0.1, 0.15) is 42.5 Å². The zero-order valence-corrected chi connectivity index (χ0v) is 18.0. The van der Waals surface area contributed by atoms with Crippen LogP contribution in [0.4, 0.5) is 4.39 Å². The molecule has 168 valence electrons. The molecule has 7 nitrogen and oxygen atoms in total. The number of rotatable bonds is 5. The van der Waals surface area contributed by atoms with Gasteiger partial charge >= 0.3 is 0 Å². The van der Waals surface area contributed by atoms with Crippen LogP contribution < -0.4 is 5.56 Å². The van der Waals surface area contributed by atoms with E-state index >= 15 is 0 Å². The second-order valence-electron chi connectivity index (χ2n) is 8.26. The molecule has 1 amide bonds. The lowest BCUT2D eigenvalue weighted by atomic mass is 10.0. The highest BCUT2D eigenvalue weighted by molar-refractivity contribution is 5.81. The summed E-state index contributed by atoms with van der Waals surface area (Å²) in [7, 11) is 0. The molecule has 0 N–H and O–H groups in total. The molecule has 33 heavy (non-hydrogen) atoms. The maximum absolute atomic E-state index is 13.5. The van der Waals surface area contributed by atoms with Crippen molar-refractivity contribution in [2.75, 3.05) is 6.54 Å². The van der Waals surface area contributed by atoms with Crippen molar-refractivity contribution in [2.24, 2.45) is 0 Å². The van der Waals surface area contributed by atoms with Crippen molar-refractivity contribution in [2.45, 2.75) is 38.3 Å². The number of oxazole rings is 1. The Kier molecular flexibility index (Phi) is 5.73. The van der Waals surface area contributed by atoms with E-state index in [2.05, 4.69) is 10.1 Å². The van der Waals surface area contributed by atoms with Crippen molar-refractivity contribution >= 4 is 16.7 Å². The lowest BCUT2D eigenvalue weighted by Crippen LogP contribution is -2.42. The summed E-state index contributed by atoms with van der Waals surface area (Å²) >= 11 is 0. The number of benzene rings is 2. The Morgan fingerprint density at radius 3 is 2.88 bits per heavy atom. The van der Waals surface area contributed by atoms with Crippen LogP contribution in [0.5, 0.6) is 0 Å². The van der Waals surface area contributed by atoms with E-state index in [1.807, 2.05) is 18.2 Å². The Hall–Kier alpha value is -3.81. The van der Waals surface area contributed by atoms with Crippen molar-refractivity contribution in [1.82, 2.24) is 19.7 Å². The Bertz CT molecular complexity index is 1360. The minimum absolute atomic E-state index is 0.142. The van der Waals surface area contributed by atoms with E-state index in [1.54, 1.807) is 35.5 Å². The van der Waals surface area contributed by atoms with Crippen molar-refractivity contribution in [3.8, 4) is 0 Å². The second kappa shape index (κ2) is 8.97. The summed E-state index contributed by atoms with van der Waals surface area (Å²) in [5.41, 5.74) is 0.500. The van der Waals surface area contributed by atoms with Gasteiger partial charge < -0.3 is 9.32 Å². The Morgan fingerprint density at radius 2 is 2.00 bits per heavy atom. The Labute approximate surface area is 189 Å². The molecule has 1 fully saturated rings. The minimum Gasteiger partial charge on any atom is -0.443 e. The summed E-state index contributed by atoms with van der Waals surface area (Å²) in [6.45, 7) is 0.421. The van der Waals surface area contributed by atoms with Crippen LogP contribution in [0, 0.1) is 5.82 Å². The van der Waals surface area contributed by atoms with Crippen LogP contribution in [0.3, 0.4) is 0 Å². The Balaban J connectivity index is 1.35. The second-order valence-corrected chi connectivity index (χ2v) is 8.26. The molecular formula is C25H23FN4O3. The zero-order chi connectivity index (χ0) is 22.8. The topological polar surface area (TPSA) is 81.2 Å². The third kappa shape index (κ3) is 4.41. The smallest absolute Gasteiger partial charge is 0.275 e. The first-order valence-electron chi connectivity index (χ1n) is 11.0. The number of fused-ring (bicyclic) bond motifs is 1. The van der Waals surface area contributed by atoms with Gasteiger partial charge in [-0.05, 0) is 43.0 Å². The van der Waals surface area contributed by atoms with Crippen LogP contribution in [0.15, 0.2) is 70.1 Å². The van der Waals surface area contributed by atoms with Crippen LogP contribution in [-0.4, -0.2) is 32.1 Å². The molecule has 5 rings (SSSR count). The van der Waals surface area contributed by atoms with Gasteiger partial charge in [0.2, 0.25) is 11.8 Å². The highest BCUT2D eigenvalue weighted by Crippen LogP contribution is 2.31. The first-order valence-corrected chi connectivity index (χ1v) is 11.0. The van der Waals surface area contributed by atoms with E-state index < -0.39 is 0 Å². The van der Waals surface area contributed by atoms with Gasteiger partial charge in [-0.1, -0.05) is 30.3 Å². The number of likely N-dealkylation sites (tertiary alicyclic amines) is 1. The van der Waals surface area contributed by atoms with Crippen LogP contribution in [0.25, 0.3) is 10.8 Å². The highest BCUT2D eigenvalue weighted by Gasteiger charge is 2.31. The van der Waals surface area contributed by atoms with E-state index in [1.165, 1.54) is 16.8 Å². The van der Waals surface area contributed by atoms with Crippen LogP contribution >= 0.6 is 0 Å². The molecule has 1 saturated heterocycles. The molecular weight excluding hydrogens is 423 g/mol. The number of halogens is 1. The number of piperidine rings is 1. The average Bonchev–Trinajstić information content (AvgIpc) is 3.29. The molecule has 0 radical (unpaired) electrons. The van der Waals surface area contributed by atoms with E-state index in [0.717, 1.165) is 30.2 Å². The molecule has 0 bridgehead atoms. The average molecular weight is 446 g/mol. The molecule has 1 atom stereocenters. The summed E-state index contributed by atoms with van der Waals surface area (Å²) in [5.74, 6) is 0.581. The quantitative estimate of drug-likeness (QED) is 0.465. The zero-order valence-electron chi connectivity index (χ0n) is 18.0. The standard InChI is InChI=1S/C25H23FN4O3/c26-19-8-5-6-17(12-19)13-20-15-27-24(33-20)22-10-3-4-11-29(22)23(31)16-30-25(32)21-9-2-1-7-18(21)14-28-30/h1-2,5-9,12,14-15,22H,3-4,10-11,13,16H2/t22-/m0/s1. The summed E-state index contributed by atoms with van der Waals surface area (Å²) in [6, 6.07) is 13.2. The number of hydrogen-bond acceptors (Lipinski definition) is 5. The van der Waals surface area contributed by atoms with Gasteiger partial charge in [0.15, 0.2) is 0 Å². The maximum atomic E-state index is 13.5. The van der Waals surface area contributed by atoms with Gasteiger partial charge in [0, 0.05) is 18.4 Å². The molecule has 0 aliphatic carbocycles. The van der Waals surface area contributed by atoms with Crippen molar-refractivity contribution in [3.63, 3.8) is 0 Å². The van der Waals surface area contributed by atoms with Crippen molar-refractivity contribution < 1.29 is 13.6 Å². The van der Waals surface area contributed by atoms with Crippen LogP contribution in [-0.2, 0) is 17.8 Å². The third-order valence-electron chi connectivity index (χ3n) is 5.99. The largest absolute Gasteiger partial charge is 0.443 e. The molecule has 4 aromatic rings. The van der Waals surface area contributed by atoms with Gasteiger partial charge in [-0.25, -0.2) is 14.1 Å². The number of carbonyl (C=O) groups is 1. The Morgan fingerprint density at radius 1 is 1.12 bits per heavy atom. The van der Waals surface area contributed by atoms with E-state index in [-0.39, 0.29) is 29.9 Å². The molecule has 8 heteroatoms. The number of amides is 1. The molecule has 0 saturated carbocycles. The van der Waals surface area contributed by atoms with E-state index in [9.17, 15) is 14.0 Å². The summed E-state index contributed by atoms with van der Waals surface area (Å²) < 4.78 is 20.7. The normalized spacial score (nSPS) is 16.3. The fourth-order valence-electron chi connectivity index (χ4n) is 4.35. The lowest BCUT2D eigenvalue weighted by Gasteiger charge is -2.33. The number of hydrogen-bond donors (Lipinski definition) is 0. The predicted octanol–water partition coefficient (Wildman–Crippen LogP) is 3.87. The van der Waals surface area contributed by atoms with E-state index in [4.69, 9.17) is 4.42 Å². The fourth-order valence-corrected chi connectivity index (χ4v) is 4.35. The number of aromatic nitrogens is 3. The fraction of sp³-hybridized carbons (Fsp3) is 0.280. The molecule has 0 spiro atoms. The van der Waals surface area contributed by atoms with Gasteiger partial charge in [-0.3, -0.25) is 9.59 Å². The van der Waals surface area contributed by atoms with E-state index in [0.29, 0.717) is 30.0 Å². The number of carbonyl (C=O) groups excluding carboxylic acids is 1. The summed E-state index contributed by atoms with van der Waals surface area (Å²) in [6.07, 6.45) is 6.20. The summed E-state index contributed by atoms with van der Waals surface area (Å²) in [5, 5.41) is 5.46. The summed E-state index contributed by atoms with van der Waals surface area (Å²) in [4.78, 5) is 32.1. The monoisotopic (exact) mass is 446 g/mol. The first-order chi connectivity index (χ1) is 16.1. The van der Waals surface area contributed by atoms with Crippen LogP contribution in [0.2, 0.25) is 0 Å². The van der Waals surface area contributed by atoms with Gasteiger partial charge in [0.25, 0.3) is 5.56 Å². The van der Waals surface area contributed by atoms with Crippen molar-refractivity contribution in [1.29, 1.82) is 0 Å². The maximum Gasteiger partial charge on any atom is 0.275 e. The molecule has 2 aromatic carbocycles. The molecule has 1 aliphatic heterocycles. The van der Waals surface area contributed by atoms with Gasteiger partial charge in [0.05, 0.1) is 17.8 Å². The van der Waals surface area contributed by atoms with Gasteiger partial charge in [0.1, 0.15) is 24.2 Å². The van der Waals surface area contributed by atoms with Crippen molar-refractivity contribution in [3.05, 3.63) is 94.3 Å². The molecule has 0 unspecified atom stereocenters. The highest BCUT2D eigenvalue weighted by atomic mass is 19.1. The predicted molar refractivity (Wildman–Crippen MR) is 120 cm³/mol. The molecule has 1 aliphatic rings. The third-order valence-corrected chi connectivity index (χ3v) is 5.99. The lowest BCUT2D eigenvalue weighted by molar-refractivity contribution is -0.136.